The lowest BCUT2D eigenvalue weighted by Crippen LogP contribution is -2.38. The Kier molecular flexibility index (Phi) is 6.11. The molecule has 8 nitrogen and oxygen atoms in total. The molecule has 3 rings (SSSR count). The number of aromatic nitrogens is 2. The summed E-state index contributed by atoms with van der Waals surface area (Å²) in [5.41, 5.74) is 1.90. The highest BCUT2D eigenvalue weighted by Crippen LogP contribution is 2.32. The molecule has 1 aromatic carbocycles. The Morgan fingerprint density at radius 3 is 2.93 bits per heavy atom. The van der Waals surface area contributed by atoms with Crippen LogP contribution in [0.3, 0.4) is 0 Å². The predicted octanol–water partition coefficient (Wildman–Crippen LogP) is 2.77. The molecule has 0 N–H and O–H groups in total. The molecule has 2 aromatic heterocycles. The number of para-hydroxylation sites is 1. The number of ether oxygens (including phenoxy) is 1. The van der Waals surface area contributed by atoms with Crippen molar-refractivity contribution in [3.05, 3.63) is 30.6 Å². The van der Waals surface area contributed by atoms with Gasteiger partial charge >= 0.3 is 5.97 Å². The first kappa shape index (κ1) is 19.6. The second-order valence-corrected chi connectivity index (χ2v) is 7.01. The van der Waals surface area contributed by atoms with Crippen LogP contribution in [0.15, 0.2) is 40.0 Å². The standard InChI is InChI=1S/C19H18N4O4S/c1-12(19(25)23(2)9-5-8-20)26-15(24)10-28-18-17-16(21-11-22-18)13-6-3-4-7-14(13)27-17/h3-4,6-7,11-12H,5,9-10H2,1-2H3/t12-/m1/s1. The van der Waals surface area contributed by atoms with Gasteiger partial charge < -0.3 is 14.1 Å². The van der Waals surface area contributed by atoms with Gasteiger partial charge in [-0.2, -0.15) is 5.26 Å². The van der Waals surface area contributed by atoms with Gasteiger partial charge in [0.25, 0.3) is 5.91 Å². The molecule has 0 radical (unpaired) electrons. The third kappa shape index (κ3) is 4.23. The second-order valence-electron chi connectivity index (χ2n) is 6.04. The van der Waals surface area contributed by atoms with Crippen molar-refractivity contribution < 1.29 is 18.7 Å². The van der Waals surface area contributed by atoms with Gasteiger partial charge in [0.2, 0.25) is 0 Å². The number of esters is 1. The van der Waals surface area contributed by atoms with E-state index in [2.05, 4.69) is 9.97 Å². The SMILES string of the molecule is C[C@@H](OC(=O)CSc1ncnc2c1oc1ccccc12)C(=O)N(C)CCC#N. The van der Waals surface area contributed by atoms with Crippen LogP contribution in [-0.4, -0.2) is 52.2 Å². The average Bonchev–Trinajstić information content (AvgIpc) is 3.09. The quantitative estimate of drug-likeness (QED) is 0.339. The van der Waals surface area contributed by atoms with Crippen molar-refractivity contribution in [2.45, 2.75) is 24.5 Å². The number of carbonyl (C=O) groups is 2. The zero-order chi connectivity index (χ0) is 20.1. The molecule has 3 aromatic rings. The topological polar surface area (TPSA) is 109 Å². The largest absolute Gasteiger partial charge is 0.452 e. The molecule has 0 saturated carbocycles. The van der Waals surface area contributed by atoms with Crippen LogP contribution in [0.2, 0.25) is 0 Å². The first-order valence-electron chi connectivity index (χ1n) is 8.57. The fraction of sp³-hybridized carbons (Fsp3) is 0.316. The summed E-state index contributed by atoms with van der Waals surface area (Å²) in [4.78, 5) is 34.1. The summed E-state index contributed by atoms with van der Waals surface area (Å²) in [6.45, 7) is 1.80. The molecule has 2 heterocycles. The van der Waals surface area contributed by atoms with Gasteiger partial charge in [0.1, 0.15) is 22.5 Å². The van der Waals surface area contributed by atoms with Gasteiger partial charge in [-0.1, -0.05) is 23.9 Å². The number of thioether (sulfide) groups is 1. The third-order valence-corrected chi connectivity index (χ3v) is 4.99. The number of amides is 1. The highest BCUT2D eigenvalue weighted by molar-refractivity contribution is 8.00. The predicted molar refractivity (Wildman–Crippen MR) is 103 cm³/mol. The number of carbonyl (C=O) groups excluding carboxylic acids is 2. The van der Waals surface area contributed by atoms with Crippen molar-refractivity contribution in [3.8, 4) is 6.07 Å². The van der Waals surface area contributed by atoms with Gasteiger partial charge in [-0.25, -0.2) is 9.97 Å². The third-order valence-electron chi connectivity index (χ3n) is 4.04. The van der Waals surface area contributed by atoms with Crippen molar-refractivity contribution in [3.63, 3.8) is 0 Å². The Morgan fingerprint density at radius 1 is 1.36 bits per heavy atom. The number of hydrogen-bond acceptors (Lipinski definition) is 8. The Hall–Kier alpha value is -3.12. The number of fused-ring (bicyclic) bond motifs is 3. The molecule has 0 fully saturated rings. The molecule has 0 saturated heterocycles. The summed E-state index contributed by atoms with van der Waals surface area (Å²) in [6.07, 6.45) is 0.724. The minimum atomic E-state index is -0.923. The van der Waals surface area contributed by atoms with E-state index in [9.17, 15) is 9.59 Å². The van der Waals surface area contributed by atoms with Crippen molar-refractivity contribution in [2.24, 2.45) is 0 Å². The number of furan rings is 1. The Morgan fingerprint density at radius 2 is 2.14 bits per heavy atom. The molecule has 28 heavy (non-hydrogen) atoms. The average molecular weight is 398 g/mol. The van der Waals surface area contributed by atoms with Crippen molar-refractivity contribution in [2.75, 3.05) is 19.3 Å². The van der Waals surface area contributed by atoms with Gasteiger partial charge in [0.15, 0.2) is 11.7 Å². The van der Waals surface area contributed by atoms with Crippen LogP contribution in [0, 0.1) is 11.3 Å². The minimum absolute atomic E-state index is 0.0251. The van der Waals surface area contributed by atoms with Crippen molar-refractivity contribution in [1.82, 2.24) is 14.9 Å². The molecule has 0 bridgehead atoms. The fourth-order valence-electron chi connectivity index (χ4n) is 2.65. The second kappa shape index (κ2) is 8.71. The minimum Gasteiger partial charge on any atom is -0.452 e. The van der Waals surface area contributed by atoms with E-state index in [1.54, 1.807) is 7.05 Å². The Labute approximate surface area is 165 Å². The molecule has 1 atom stereocenters. The summed E-state index contributed by atoms with van der Waals surface area (Å²) >= 11 is 1.16. The van der Waals surface area contributed by atoms with Crippen LogP contribution in [0.1, 0.15) is 13.3 Å². The lowest BCUT2D eigenvalue weighted by Gasteiger charge is -2.20. The molecule has 1 amide bonds. The maximum Gasteiger partial charge on any atom is 0.317 e. The summed E-state index contributed by atoms with van der Waals surface area (Å²) in [5, 5.41) is 10.00. The van der Waals surface area contributed by atoms with Crippen LogP contribution in [0.5, 0.6) is 0 Å². The molecule has 0 spiro atoms. The maximum absolute atomic E-state index is 12.1. The number of likely N-dealkylation sites (N-methyl/N-ethyl adjacent to an activating group) is 1. The lowest BCUT2D eigenvalue weighted by molar-refractivity contribution is -0.156. The summed E-state index contributed by atoms with van der Waals surface area (Å²) < 4.78 is 11.0. The smallest absolute Gasteiger partial charge is 0.317 e. The van der Waals surface area contributed by atoms with Crippen LogP contribution in [0.4, 0.5) is 0 Å². The molecular weight excluding hydrogens is 380 g/mol. The summed E-state index contributed by atoms with van der Waals surface area (Å²) in [5.74, 6) is -0.916. The number of benzene rings is 1. The van der Waals surface area contributed by atoms with E-state index in [0.717, 1.165) is 17.1 Å². The zero-order valence-electron chi connectivity index (χ0n) is 15.4. The fourth-order valence-corrected chi connectivity index (χ4v) is 3.37. The lowest BCUT2D eigenvalue weighted by atomic mass is 10.2. The summed E-state index contributed by atoms with van der Waals surface area (Å²) in [7, 11) is 1.57. The first-order valence-corrected chi connectivity index (χ1v) is 9.56. The maximum atomic E-state index is 12.1. The Balaban J connectivity index is 1.63. The molecule has 0 aliphatic carbocycles. The molecule has 0 unspecified atom stereocenters. The Bertz CT molecular complexity index is 1060. The number of nitriles is 1. The van der Waals surface area contributed by atoms with Crippen molar-refractivity contribution in [1.29, 1.82) is 5.26 Å². The summed E-state index contributed by atoms with van der Waals surface area (Å²) in [6, 6.07) is 9.49. The highest BCUT2D eigenvalue weighted by atomic mass is 32.2. The van der Waals surface area contributed by atoms with E-state index in [1.165, 1.54) is 18.2 Å². The van der Waals surface area contributed by atoms with Crippen LogP contribution in [-0.2, 0) is 14.3 Å². The normalized spacial score (nSPS) is 11.9. The van der Waals surface area contributed by atoms with Crippen LogP contribution >= 0.6 is 11.8 Å². The van der Waals surface area contributed by atoms with Gasteiger partial charge in [0.05, 0.1) is 18.2 Å². The molecule has 144 valence electrons. The monoisotopic (exact) mass is 398 g/mol. The molecule has 0 aliphatic rings. The molecule has 0 aliphatic heterocycles. The van der Waals surface area contributed by atoms with Gasteiger partial charge in [0, 0.05) is 19.0 Å². The van der Waals surface area contributed by atoms with E-state index in [4.69, 9.17) is 14.4 Å². The first-order chi connectivity index (χ1) is 13.5. The molecular formula is C19H18N4O4S. The number of rotatable bonds is 7. The van der Waals surface area contributed by atoms with E-state index in [0.29, 0.717) is 21.7 Å². The van der Waals surface area contributed by atoms with Gasteiger partial charge in [-0.3, -0.25) is 9.59 Å². The van der Waals surface area contributed by atoms with E-state index in [1.807, 2.05) is 30.3 Å². The zero-order valence-corrected chi connectivity index (χ0v) is 16.2. The van der Waals surface area contributed by atoms with Crippen LogP contribution in [0.25, 0.3) is 22.1 Å². The number of nitrogens with zero attached hydrogens (tertiary/aromatic N) is 4. The van der Waals surface area contributed by atoms with Crippen molar-refractivity contribution >= 4 is 45.7 Å². The molecule has 9 heteroatoms. The van der Waals surface area contributed by atoms with E-state index >= 15 is 0 Å². The van der Waals surface area contributed by atoms with E-state index in [-0.39, 0.29) is 24.6 Å². The van der Waals surface area contributed by atoms with Gasteiger partial charge in [-0.15, -0.1) is 0 Å². The van der Waals surface area contributed by atoms with Gasteiger partial charge in [-0.05, 0) is 19.1 Å². The highest BCUT2D eigenvalue weighted by Gasteiger charge is 2.22. The van der Waals surface area contributed by atoms with E-state index < -0.39 is 12.1 Å². The number of hydrogen-bond donors (Lipinski definition) is 0. The van der Waals surface area contributed by atoms with Crippen LogP contribution < -0.4 is 0 Å².